The maximum absolute atomic E-state index is 13.2. The quantitative estimate of drug-likeness (QED) is 0.438. The average Bonchev–Trinajstić information content (AvgIpc) is 2.72. The minimum absolute atomic E-state index is 0.176. The Kier molecular flexibility index (Phi) is 5.42. The number of benzene rings is 2. The molecule has 154 valence electrons. The lowest BCUT2D eigenvalue weighted by atomic mass is 9.84. The lowest BCUT2D eigenvalue weighted by Crippen LogP contribution is -2.21. The summed E-state index contributed by atoms with van der Waals surface area (Å²) in [7, 11) is 0. The van der Waals surface area contributed by atoms with Crippen LogP contribution in [0, 0.1) is 26.7 Å². The van der Waals surface area contributed by atoms with E-state index in [0.717, 1.165) is 58.1 Å². The molecule has 0 bridgehead atoms. The van der Waals surface area contributed by atoms with Crippen LogP contribution in [-0.2, 0) is 17.6 Å². The summed E-state index contributed by atoms with van der Waals surface area (Å²) < 4.78 is 5.56. The summed E-state index contributed by atoms with van der Waals surface area (Å²) in [6.07, 6.45) is 2.74. The highest BCUT2D eigenvalue weighted by Crippen LogP contribution is 2.32. The van der Waals surface area contributed by atoms with Gasteiger partial charge < -0.3 is 4.74 Å². The zero-order chi connectivity index (χ0) is 21.4. The average molecular weight is 402 g/mol. The third kappa shape index (κ3) is 3.74. The molecule has 4 rings (SSSR count). The van der Waals surface area contributed by atoms with Gasteiger partial charge in [-0.25, -0.2) is 4.79 Å². The molecule has 0 N–H and O–H groups in total. The third-order valence-corrected chi connectivity index (χ3v) is 6.19. The zero-order valence-electron chi connectivity index (χ0n) is 18.0. The first-order chi connectivity index (χ1) is 14.3. The first-order valence-electron chi connectivity index (χ1n) is 10.5. The van der Waals surface area contributed by atoms with Crippen LogP contribution in [0.4, 0.5) is 0 Å². The van der Waals surface area contributed by atoms with Crippen molar-refractivity contribution in [1.82, 2.24) is 4.98 Å². The minimum atomic E-state index is -0.436. The topological polar surface area (TPSA) is 56.3 Å². The van der Waals surface area contributed by atoms with Crippen LogP contribution in [0.5, 0.6) is 0 Å². The molecule has 4 nitrogen and oxygen atoms in total. The van der Waals surface area contributed by atoms with Crippen LogP contribution >= 0.6 is 0 Å². The number of hydrogen-bond donors (Lipinski definition) is 0. The van der Waals surface area contributed by atoms with E-state index in [2.05, 4.69) is 6.92 Å². The lowest BCUT2D eigenvalue weighted by Gasteiger charge is -2.24. The smallest absolute Gasteiger partial charge is 0.339 e. The number of carbonyl (C=O) groups excluding carboxylic acids is 2. The Bertz CT molecular complexity index is 1160. The predicted molar refractivity (Wildman–Crippen MR) is 118 cm³/mol. The van der Waals surface area contributed by atoms with Crippen LogP contribution in [0.15, 0.2) is 36.4 Å². The van der Waals surface area contributed by atoms with Gasteiger partial charge in [0.1, 0.15) is 0 Å². The molecule has 0 aliphatic heterocycles. The summed E-state index contributed by atoms with van der Waals surface area (Å²) >= 11 is 0. The number of carbonyl (C=O) groups is 2. The van der Waals surface area contributed by atoms with Gasteiger partial charge in [-0.1, -0.05) is 31.2 Å². The van der Waals surface area contributed by atoms with Crippen molar-refractivity contribution in [2.45, 2.75) is 47.0 Å². The number of fused-ring (bicyclic) bond motifs is 2. The fourth-order valence-corrected chi connectivity index (χ4v) is 4.34. The van der Waals surface area contributed by atoms with Gasteiger partial charge in [0, 0.05) is 16.6 Å². The van der Waals surface area contributed by atoms with Crippen molar-refractivity contribution in [3.8, 4) is 0 Å². The van der Waals surface area contributed by atoms with Gasteiger partial charge in [-0.3, -0.25) is 9.78 Å². The number of rotatable bonds is 4. The van der Waals surface area contributed by atoms with Gasteiger partial charge in [-0.15, -0.1) is 0 Å². The van der Waals surface area contributed by atoms with Gasteiger partial charge in [0.05, 0.1) is 11.1 Å². The summed E-state index contributed by atoms with van der Waals surface area (Å²) in [6.45, 7) is 7.85. The van der Waals surface area contributed by atoms with Gasteiger partial charge in [0.15, 0.2) is 6.61 Å². The number of nitrogens with zero attached hydrogens (tertiary/aromatic N) is 1. The number of aryl methyl sites for hydroxylation is 4. The minimum Gasteiger partial charge on any atom is -0.454 e. The van der Waals surface area contributed by atoms with Gasteiger partial charge in [-0.2, -0.15) is 0 Å². The highest BCUT2D eigenvalue weighted by Gasteiger charge is 2.26. The second-order valence-corrected chi connectivity index (χ2v) is 8.53. The Morgan fingerprint density at radius 1 is 1.07 bits per heavy atom. The van der Waals surface area contributed by atoms with Crippen LogP contribution in [0.3, 0.4) is 0 Å². The summed E-state index contributed by atoms with van der Waals surface area (Å²) in [5.41, 5.74) is 7.05. The van der Waals surface area contributed by atoms with E-state index in [9.17, 15) is 9.59 Å². The highest BCUT2D eigenvalue weighted by atomic mass is 16.5. The maximum atomic E-state index is 13.2. The first kappa shape index (κ1) is 20.3. The molecule has 30 heavy (non-hydrogen) atoms. The molecule has 1 atom stereocenters. The fraction of sp³-hybridized carbons (Fsp3) is 0.346. The second-order valence-electron chi connectivity index (χ2n) is 8.53. The SMILES string of the molecule is Cc1cc(C)c(C(=O)COC(=O)c2c3c(nc4ccccc24)CCC(C)C3)cc1C. The van der Waals surface area contributed by atoms with Crippen molar-refractivity contribution in [2.75, 3.05) is 6.61 Å². The molecule has 0 radical (unpaired) electrons. The van der Waals surface area contributed by atoms with E-state index in [0.29, 0.717) is 17.0 Å². The van der Waals surface area contributed by atoms with Crippen LogP contribution in [-0.4, -0.2) is 23.3 Å². The number of pyridine rings is 1. The predicted octanol–water partition coefficient (Wildman–Crippen LogP) is 5.32. The van der Waals surface area contributed by atoms with Crippen LogP contribution in [0.25, 0.3) is 10.9 Å². The molecule has 0 saturated carbocycles. The van der Waals surface area contributed by atoms with E-state index in [-0.39, 0.29) is 12.4 Å². The van der Waals surface area contributed by atoms with Crippen molar-refractivity contribution < 1.29 is 14.3 Å². The summed E-state index contributed by atoms with van der Waals surface area (Å²) in [6, 6.07) is 11.5. The molecule has 0 spiro atoms. The van der Waals surface area contributed by atoms with E-state index >= 15 is 0 Å². The molecule has 1 heterocycles. The van der Waals surface area contributed by atoms with Crippen molar-refractivity contribution in [1.29, 1.82) is 0 Å². The van der Waals surface area contributed by atoms with E-state index in [1.165, 1.54) is 0 Å². The van der Waals surface area contributed by atoms with Gasteiger partial charge in [0.25, 0.3) is 0 Å². The number of aromatic nitrogens is 1. The molecule has 1 unspecified atom stereocenters. The first-order valence-corrected chi connectivity index (χ1v) is 10.5. The Morgan fingerprint density at radius 3 is 2.60 bits per heavy atom. The Hall–Kier alpha value is -3.01. The molecule has 3 aromatic rings. The zero-order valence-corrected chi connectivity index (χ0v) is 18.0. The summed E-state index contributed by atoms with van der Waals surface area (Å²) in [5.74, 6) is -0.120. The van der Waals surface area contributed by atoms with E-state index < -0.39 is 5.97 Å². The van der Waals surface area contributed by atoms with Crippen molar-refractivity contribution in [3.05, 3.63) is 75.5 Å². The molecule has 1 aliphatic rings. The normalized spacial score (nSPS) is 15.7. The molecule has 0 fully saturated rings. The summed E-state index contributed by atoms with van der Waals surface area (Å²) in [5, 5.41) is 0.796. The second kappa shape index (κ2) is 8.02. The number of para-hydroxylation sites is 1. The van der Waals surface area contributed by atoms with Gasteiger partial charge in [-0.05, 0) is 80.3 Å². The Labute approximate surface area is 177 Å². The molecule has 1 aromatic heterocycles. The Morgan fingerprint density at radius 2 is 1.80 bits per heavy atom. The number of hydrogen-bond acceptors (Lipinski definition) is 4. The summed E-state index contributed by atoms with van der Waals surface area (Å²) in [4.78, 5) is 30.7. The largest absolute Gasteiger partial charge is 0.454 e. The molecule has 1 aliphatic carbocycles. The number of esters is 1. The van der Waals surface area contributed by atoms with Gasteiger partial charge in [0.2, 0.25) is 5.78 Å². The molecular formula is C26H27NO3. The van der Waals surface area contributed by atoms with Crippen LogP contribution in [0.1, 0.15) is 62.0 Å². The Balaban J connectivity index is 1.65. The number of ether oxygens (including phenoxy) is 1. The molecule has 4 heteroatoms. The van der Waals surface area contributed by atoms with E-state index in [4.69, 9.17) is 9.72 Å². The standard InChI is InChI=1S/C26H27NO3/c1-15-9-10-23-21(11-15)25(19-7-5-6-8-22(19)27-23)26(29)30-14-24(28)20-13-17(3)16(2)12-18(20)4/h5-8,12-13,15H,9-11,14H2,1-4H3. The third-order valence-electron chi connectivity index (χ3n) is 6.19. The molecule has 2 aromatic carbocycles. The maximum Gasteiger partial charge on any atom is 0.339 e. The van der Waals surface area contributed by atoms with Gasteiger partial charge >= 0.3 is 5.97 Å². The highest BCUT2D eigenvalue weighted by molar-refractivity contribution is 6.06. The number of Topliss-reactive ketones (excluding diaryl/α,β-unsaturated/α-hetero) is 1. The van der Waals surface area contributed by atoms with Crippen LogP contribution < -0.4 is 0 Å². The molecule has 0 saturated heterocycles. The van der Waals surface area contributed by atoms with Crippen molar-refractivity contribution in [3.63, 3.8) is 0 Å². The monoisotopic (exact) mass is 401 g/mol. The van der Waals surface area contributed by atoms with E-state index in [1.54, 1.807) is 0 Å². The fourth-order valence-electron chi connectivity index (χ4n) is 4.34. The molecule has 0 amide bonds. The van der Waals surface area contributed by atoms with Crippen molar-refractivity contribution >= 4 is 22.7 Å². The number of ketones is 1. The molecular weight excluding hydrogens is 374 g/mol. The van der Waals surface area contributed by atoms with E-state index in [1.807, 2.05) is 57.2 Å². The van der Waals surface area contributed by atoms with Crippen molar-refractivity contribution in [2.24, 2.45) is 5.92 Å². The lowest BCUT2D eigenvalue weighted by molar-refractivity contribution is 0.0474. The van der Waals surface area contributed by atoms with Crippen LogP contribution in [0.2, 0.25) is 0 Å².